The normalized spacial score (nSPS) is 11.4. The third-order valence-corrected chi connectivity index (χ3v) is 3.36. The van der Waals surface area contributed by atoms with Crippen LogP contribution in [0, 0.1) is 0 Å². The van der Waals surface area contributed by atoms with Gasteiger partial charge >= 0.3 is 0 Å². The fourth-order valence-electron chi connectivity index (χ4n) is 1.59. The maximum atomic E-state index is 5.78. The van der Waals surface area contributed by atoms with E-state index in [4.69, 9.17) is 10.5 Å². The first-order chi connectivity index (χ1) is 9.26. The van der Waals surface area contributed by atoms with Crippen molar-refractivity contribution in [2.45, 2.75) is 12.8 Å². The Hall–Kier alpha value is -1.36. The highest BCUT2D eigenvalue weighted by Crippen LogP contribution is 2.11. The van der Waals surface area contributed by atoms with Gasteiger partial charge in [-0.1, -0.05) is 12.1 Å². The van der Waals surface area contributed by atoms with Crippen LogP contribution in [0.3, 0.4) is 0 Å². The topological polar surface area (TPSA) is 59.6 Å². The number of ether oxygens (including phenoxy) is 1. The lowest BCUT2D eigenvalue weighted by molar-refractivity contribution is 0.414. The Kier molecular flexibility index (Phi) is 7.89. The van der Waals surface area contributed by atoms with Gasteiger partial charge in [0.2, 0.25) is 0 Å². The fourth-order valence-corrected chi connectivity index (χ4v) is 2.01. The van der Waals surface area contributed by atoms with E-state index < -0.39 is 0 Å². The molecule has 0 heterocycles. The standard InChI is InChI=1S/C14H23N3OS/c1-18-13-6-4-12(5-7-13)8-10-17-14(15)16-9-3-11-19-2/h4-7H,3,8-11H2,1-2H3,(H3,15,16,17). The molecule has 0 aliphatic heterocycles. The average molecular weight is 281 g/mol. The van der Waals surface area contributed by atoms with Crippen molar-refractivity contribution < 1.29 is 4.74 Å². The minimum Gasteiger partial charge on any atom is -0.497 e. The number of thioether (sulfide) groups is 1. The second-order valence-electron chi connectivity index (χ2n) is 4.14. The number of benzene rings is 1. The molecule has 0 aromatic heterocycles. The number of hydrogen-bond donors (Lipinski definition) is 2. The van der Waals surface area contributed by atoms with Crippen LogP contribution in [0.2, 0.25) is 0 Å². The van der Waals surface area contributed by atoms with Crippen molar-refractivity contribution in [3.05, 3.63) is 29.8 Å². The highest BCUT2D eigenvalue weighted by Gasteiger charge is 1.96. The second kappa shape index (κ2) is 9.55. The number of nitrogens with one attached hydrogen (secondary N) is 1. The number of aliphatic imine (C=N–C) groups is 1. The van der Waals surface area contributed by atoms with Gasteiger partial charge in [-0.15, -0.1) is 0 Å². The minimum atomic E-state index is 0.537. The lowest BCUT2D eigenvalue weighted by Crippen LogP contribution is -2.33. The first kappa shape index (κ1) is 15.7. The van der Waals surface area contributed by atoms with Crippen molar-refractivity contribution in [3.8, 4) is 5.75 Å². The van der Waals surface area contributed by atoms with Crippen LogP contribution >= 0.6 is 11.8 Å². The van der Waals surface area contributed by atoms with Gasteiger partial charge in [0.05, 0.1) is 7.11 Å². The van der Waals surface area contributed by atoms with Gasteiger partial charge in [-0.25, -0.2) is 0 Å². The van der Waals surface area contributed by atoms with Gasteiger partial charge in [-0.3, -0.25) is 4.99 Å². The van der Waals surface area contributed by atoms with Crippen molar-refractivity contribution in [1.29, 1.82) is 0 Å². The molecule has 1 rings (SSSR count). The highest BCUT2D eigenvalue weighted by molar-refractivity contribution is 7.98. The van der Waals surface area contributed by atoms with E-state index in [-0.39, 0.29) is 0 Å². The predicted octanol–water partition coefficient (Wildman–Crippen LogP) is 1.90. The SMILES string of the molecule is COc1ccc(CCNC(N)=NCCCSC)cc1. The molecule has 0 fully saturated rings. The largest absolute Gasteiger partial charge is 0.497 e. The van der Waals surface area contributed by atoms with Gasteiger partial charge in [0.25, 0.3) is 0 Å². The minimum absolute atomic E-state index is 0.537. The first-order valence-corrected chi connectivity index (χ1v) is 7.81. The van der Waals surface area contributed by atoms with Crippen LogP contribution in [-0.4, -0.2) is 38.2 Å². The quantitative estimate of drug-likeness (QED) is 0.434. The monoisotopic (exact) mass is 281 g/mol. The number of methoxy groups -OCH3 is 1. The van der Waals surface area contributed by atoms with Gasteiger partial charge in [0, 0.05) is 13.1 Å². The van der Waals surface area contributed by atoms with E-state index in [1.54, 1.807) is 7.11 Å². The van der Waals surface area contributed by atoms with Crippen molar-refractivity contribution in [3.63, 3.8) is 0 Å². The molecule has 0 spiro atoms. The molecule has 19 heavy (non-hydrogen) atoms. The van der Waals surface area contributed by atoms with E-state index in [0.717, 1.165) is 37.4 Å². The molecule has 0 saturated carbocycles. The molecule has 0 radical (unpaired) electrons. The Morgan fingerprint density at radius 3 is 2.74 bits per heavy atom. The average Bonchev–Trinajstić information content (AvgIpc) is 2.44. The fraction of sp³-hybridized carbons (Fsp3) is 0.500. The molecule has 3 N–H and O–H groups in total. The maximum Gasteiger partial charge on any atom is 0.188 e. The molecule has 4 nitrogen and oxygen atoms in total. The Morgan fingerprint density at radius 2 is 2.11 bits per heavy atom. The molecule has 0 atom stereocenters. The summed E-state index contributed by atoms with van der Waals surface area (Å²) in [5.41, 5.74) is 7.03. The maximum absolute atomic E-state index is 5.78. The zero-order valence-electron chi connectivity index (χ0n) is 11.7. The Morgan fingerprint density at radius 1 is 1.37 bits per heavy atom. The van der Waals surface area contributed by atoms with Gasteiger partial charge in [0.1, 0.15) is 5.75 Å². The lowest BCUT2D eigenvalue weighted by Gasteiger charge is -2.06. The summed E-state index contributed by atoms with van der Waals surface area (Å²) in [5.74, 6) is 2.55. The number of rotatable bonds is 8. The van der Waals surface area contributed by atoms with Gasteiger partial charge < -0.3 is 15.8 Å². The molecular formula is C14H23N3OS. The molecule has 1 aromatic rings. The lowest BCUT2D eigenvalue weighted by atomic mass is 10.1. The van der Waals surface area contributed by atoms with E-state index in [1.165, 1.54) is 5.56 Å². The van der Waals surface area contributed by atoms with Crippen molar-refractivity contribution in [1.82, 2.24) is 5.32 Å². The van der Waals surface area contributed by atoms with Crippen LogP contribution < -0.4 is 15.8 Å². The van der Waals surface area contributed by atoms with Crippen LogP contribution in [0.15, 0.2) is 29.3 Å². The van der Waals surface area contributed by atoms with E-state index in [2.05, 4.69) is 28.7 Å². The van der Waals surface area contributed by atoms with E-state index >= 15 is 0 Å². The van der Waals surface area contributed by atoms with E-state index in [0.29, 0.717) is 5.96 Å². The molecule has 0 saturated heterocycles. The summed E-state index contributed by atoms with van der Waals surface area (Å²) in [7, 11) is 1.67. The van der Waals surface area contributed by atoms with Crippen molar-refractivity contribution >= 4 is 17.7 Å². The number of nitrogens with zero attached hydrogens (tertiary/aromatic N) is 1. The van der Waals surface area contributed by atoms with Gasteiger partial charge in [-0.2, -0.15) is 11.8 Å². The summed E-state index contributed by atoms with van der Waals surface area (Å²) in [4.78, 5) is 4.27. The first-order valence-electron chi connectivity index (χ1n) is 6.42. The molecule has 1 aromatic carbocycles. The van der Waals surface area contributed by atoms with E-state index in [9.17, 15) is 0 Å². The smallest absolute Gasteiger partial charge is 0.188 e. The van der Waals surface area contributed by atoms with Gasteiger partial charge in [0.15, 0.2) is 5.96 Å². The predicted molar refractivity (Wildman–Crippen MR) is 84.2 cm³/mol. The molecule has 0 aliphatic rings. The molecule has 0 amide bonds. The van der Waals surface area contributed by atoms with Gasteiger partial charge in [-0.05, 0) is 42.5 Å². The Balaban J connectivity index is 2.21. The highest BCUT2D eigenvalue weighted by atomic mass is 32.2. The third kappa shape index (κ3) is 6.96. The number of nitrogens with two attached hydrogens (primary N) is 1. The summed E-state index contributed by atoms with van der Waals surface area (Å²) >= 11 is 1.83. The summed E-state index contributed by atoms with van der Waals surface area (Å²) in [6, 6.07) is 8.06. The zero-order chi connectivity index (χ0) is 13.9. The van der Waals surface area contributed by atoms with Crippen LogP contribution in [-0.2, 0) is 6.42 Å². The van der Waals surface area contributed by atoms with Crippen LogP contribution in [0.5, 0.6) is 5.75 Å². The van der Waals surface area contributed by atoms with Crippen molar-refractivity contribution in [2.75, 3.05) is 32.2 Å². The number of guanidine groups is 1. The molecule has 0 aliphatic carbocycles. The van der Waals surface area contributed by atoms with Crippen LogP contribution in [0.4, 0.5) is 0 Å². The van der Waals surface area contributed by atoms with Crippen molar-refractivity contribution in [2.24, 2.45) is 10.7 Å². The number of hydrogen-bond acceptors (Lipinski definition) is 3. The molecule has 0 unspecified atom stereocenters. The second-order valence-corrected chi connectivity index (χ2v) is 5.12. The Labute approximate surface area is 119 Å². The van der Waals surface area contributed by atoms with Crippen LogP contribution in [0.25, 0.3) is 0 Å². The zero-order valence-corrected chi connectivity index (χ0v) is 12.5. The van der Waals surface area contributed by atoms with Crippen LogP contribution in [0.1, 0.15) is 12.0 Å². The molecule has 5 heteroatoms. The molecule has 106 valence electrons. The Bertz CT molecular complexity index is 379. The summed E-state index contributed by atoms with van der Waals surface area (Å²) in [6.45, 7) is 1.59. The molecule has 0 bridgehead atoms. The summed E-state index contributed by atoms with van der Waals surface area (Å²) in [6.07, 6.45) is 4.09. The third-order valence-electron chi connectivity index (χ3n) is 2.67. The molecular weight excluding hydrogens is 258 g/mol. The van der Waals surface area contributed by atoms with E-state index in [1.807, 2.05) is 23.9 Å². The summed E-state index contributed by atoms with van der Waals surface area (Å²) < 4.78 is 5.12. The summed E-state index contributed by atoms with van der Waals surface area (Å²) in [5, 5.41) is 3.13.